The van der Waals surface area contributed by atoms with Gasteiger partial charge in [0.05, 0.1) is 11.5 Å². The number of amides is 3. The normalized spacial score (nSPS) is 10.0. The lowest BCUT2D eigenvalue weighted by molar-refractivity contribution is -0.384. The molecule has 0 aliphatic rings. The van der Waals surface area contributed by atoms with Crippen molar-refractivity contribution in [1.29, 1.82) is 0 Å². The summed E-state index contributed by atoms with van der Waals surface area (Å²) in [6.45, 7) is 3.69. The van der Waals surface area contributed by atoms with Gasteiger partial charge in [-0.1, -0.05) is 12.1 Å². The van der Waals surface area contributed by atoms with E-state index in [4.69, 9.17) is 0 Å². The molecular formula is C17H18N4O4. The number of carbonyl (C=O) groups excluding carboxylic acids is 2. The Morgan fingerprint density at radius 3 is 2.48 bits per heavy atom. The van der Waals surface area contributed by atoms with Gasteiger partial charge in [0.2, 0.25) is 5.91 Å². The second kappa shape index (κ2) is 7.91. The summed E-state index contributed by atoms with van der Waals surface area (Å²) in [5.41, 5.74) is 3.04. The lowest BCUT2D eigenvalue weighted by atomic mass is 10.1. The van der Waals surface area contributed by atoms with E-state index in [1.54, 1.807) is 18.2 Å². The van der Waals surface area contributed by atoms with Crippen LogP contribution in [0.1, 0.15) is 11.1 Å². The number of urea groups is 1. The molecule has 3 N–H and O–H groups in total. The van der Waals surface area contributed by atoms with E-state index in [9.17, 15) is 19.7 Å². The Morgan fingerprint density at radius 1 is 1.04 bits per heavy atom. The van der Waals surface area contributed by atoms with Crippen molar-refractivity contribution in [2.75, 3.05) is 17.2 Å². The summed E-state index contributed by atoms with van der Waals surface area (Å²) in [7, 11) is 0. The number of nitrogens with one attached hydrogen (secondary N) is 3. The highest BCUT2D eigenvalue weighted by atomic mass is 16.6. The molecule has 0 aromatic heterocycles. The van der Waals surface area contributed by atoms with E-state index in [0.29, 0.717) is 11.4 Å². The van der Waals surface area contributed by atoms with Crippen molar-refractivity contribution >= 4 is 29.0 Å². The molecule has 2 aromatic carbocycles. The largest absolute Gasteiger partial charge is 0.376 e. The molecule has 0 radical (unpaired) electrons. The molecule has 0 unspecified atom stereocenters. The summed E-state index contributed by atoms with van der Waals surface area (Å²) in [4.78, 5) is 33.8. The van der Waals surface area contributed by atoms with E-state index in [-0.39, 0.29) is 12.2 Å². The van der Waals surface area contributed by atoms with Crippen molar-refractivity contribution in [3.05, 3.63) is 63.7 Å². The second-order valence-corrected chi connectivity index (χ2v) is 5.46. The van der Waals surface area contributed by atoms with Gasteiger partial charge in [0.1, 0.15) is 0 Å². The number of non-ortho nitro benzene ring substituents is 1. The van der Waals surface area contributed by atoms with E-state index >= 15 is 0 Å². The summed E-state index contributed by atoms with van der Waals surface area (Å²) in [5.74, 6) is -0.562. The first kappa shape index (κ1) is 17.9. The fourth-order valence-electron chi connectivity index (χ4n) is 2.06. The number of nitro benzene ring substituents is 1. The van der Waals surface area contributed by atoms with Crippen LogP contribution in [0, 0.1) is 24.0 Å². The lowest BCUT2D eigenvalue weighted by Gasteiger charge is -2.09. The zero-order valence-corrected chi connectivity index (χ0v) is 13.8. The Kier molecular flexibility index (Phi) is 5.67. The van der Waals surface area contributed by atoms with Crippen LogP contribution in [-0.4, -0.2) is 23.4 Å². The SMILES string of the molecule is Cc1ccc(NC(=O)NC(=O)CNc2cccc([N+](=O)[O-])c2)cc1C. The number of benzene rings is 2. The van der Waals surface area contributed by atoms with Gasteiger partial charge >= 0.3 is 6.03 Å². The van der Waals surface area contributed by atoms with Gasteiger partial charge in [-0.25, -0.2) is 4.79 Å². The third-order valence-corrected chi connectivity index (χ3v) is 3.53. The van der Waals surface area contributed by atoms with Gasteiger partial charge < -0.3 is 10.6 Å². The zero-order chi connectivity index (χ0) is 18.4. The molecule has 8 nitrogen and oxygen atoms in total. The number of hydrogen-bond donors (Lipinski definition) is 3. The van der Waals surface area contributed by atoms with Crippen LogP contribution in [0.4, 0.5) is 21.9 Å². The Morgan fingerprint density at radius 2 is 1.80 bits per heavy atom. The summed E-state index contributed by atoms with van der Waals surface area (Å²) < 4.78 is 0. The number of anilines is 2. The molecule has 0 saturated heterocycles. The maximum atomic E-state index is 11.8. The van der Waals surface area contributed by atoms with Crippen molar-refractivity contribution in [2.45, 2.75) is 13.8 Å². The van der Waals surface area contributed by atoms with Crippen LogP contribution in [-0.2, 0) is 4.79 Å². The van der Waals surface area contributed by atoms with Gasteiger partial charge in [-0.05, 0) is 43.2 Å². The average molecular weight is 342 g/mol. The Balaban J connectivity index is 1.85. The number of hydrogen-bond acceptors (Lipinski definition) is 5. The second-order valence-electron chi connectivity index (χ2n) is 5.46. The highest BCUT2D eigenvalue weighted by molar-refractivity contribution is 6.02. The number of rotatable bonds is 5. The first-order valence-electron chi connectivity index (χ1n) is 7.51. The van der Waals surface area contributed by atoms with Crippen LogP contribution >= 0.6 is 0 Å². The quantitative estimate of drug-likeness (QED) is 0.571. The van der Waals surface area contributed by atoms with E-state index < -0.39 is 16.9 Å². The highest BCUT2D eigenvalue weighted by Gasteiger charge is 2.10. The fraction of sp³-hybridized carbons (Fsp3) is 0.176. The van der Waals surface area contributed by atoms with Gasteiger partial charge in [0.25, 0.3) is 5.69 Å². The van der Waals surface area contributed by atoms with Crippen LogP contribution in [0.3, 0.4) is 0 Å². The number of nitro groups is 1. The molecule has 0 spiro atoms. The lowest BCUT2D eigenvalue weighted by Crippen LogP contribution is -2.37. The molecule has 0 aliphatic carbocycles. The van der Waals surface area contributed by atoms with Crippen LogP contribution in [0.15, 0.2) is 42.5 Å². The maximum absolute atomic E-state index is 11.8. The van der Waals surface area contributed by atoms with Crippen LogP contribution in [0.2, 0.25) is 0 Å². The Labute approximate surface area is 144 Å². The first-order chi connectivity index (χ1) is 11.8. The monoisotopic (exact) mass is 342 g/mol. The Hall–Kier alpha value is -3.42. The van der Waals surface area contributed by atoms with Crippen molar-refractivity contribution in [2.24, 2.45) is 0 Å². The predicted octanol–water partition coefficient (Wildman–Crippen LogP) is 2.97. The van der Waals surface area contributed by atoms with Gasteiger partial charge in [0, 0.05) is 23.5 Å². The minimum absolute atomic E-state index is 0.0853. The molecule has 0 bridgehead atoms. The molecule has 0 atom stereocenters. The third-order valence-electron chi connectivity index (χ3n) is 3.53. The predicted molar refractivity (Wildman–Crippen MR) is 94.7 cm³/mol. The standard InChI is InChI=1S/C17H18N4O4/c1-11-6-7-14(8-12(11)2)19-17(23)20-16(22)10-18-13-4-3-5-15(9-13)21(24)25/h3-9,18H,10H2,1-2H3,(H2,19,20,22,23). The summed E-state index contributed by atoms with van der Waals surface area (Å²) >= 11 is 0. The molecule has 2 rings (SSSR count). The van der Waals surface area contributed by atoms with Gasteiger partial charge in [-0.3, -0.25) is 20.2 Å². The van der Waals surface area contributed by atoms with Gasteiger partial charge in [0.15, 0.2) is 0 Å². The first-order valence-corrected chi connectivity index (χ1v) is 7.51. The smallest absolute Gasteiger partial charge is 0.325 e. The van der Waals surface area contributed by atoms with Crippen molar-refractivity contribution < 1.29 is 14.5 Å². The average Bonchev–Trinajstić information content (AvgIpc) is 2.56. The van der Waals surface area contributed by atoms with Crippen molar-refractivity contribution in [3.8, 4) is 0 Å². The topological polar surface area (TPSA) is 113 Å². The molecule has 130 valence electrons. The van der Waals surface area contributed by atoms with Crippen LogP contribution in [0.5, 0.6) is 0 Å². The van der Waals surface area contributed by atoms with Crippen molar-refractivity contribution in [1.82, 2.24) is 5.32 Å². The van der Waals surface area contributed by atoms with E-state index in [1.165, 1.54) is 18.2 Å². The van der Waals surface area contributed by atoms with Crippen molar-refractivity contribution in [3.63, 3.8) is 0 Å². The van der Waals surface area contributed by atoms with Gasteiger partial charge in [-0.15, -0.1) is 0 Å². The third kappa shape index (κ3) is 5.31. The molecule has 0 fully saturated rings. The number of carbonyl (C=O) groups is 2. The van der Waals surface area contributed by atoms with Gasteiger partial charge in [-0.2, -0.15) is 0 Å². The molecular weight excluding hydrogens is 324 g/mol. The molecule has 8 heteroatoms. The molecule has 3 amide bonds. The number of aryl methyl sites for hydroxylation is 2. The zero-order valence-electron chi connectivity index (χ0n) is 13.8. The summed E-state index contributed by atoms with van der Waals surface area (Å²) in [5, 5.41) is 18.2. The van der Waals surface area contributed by atoms with Crippen LogP contribution < -0.4 is 16.0 Å². The minimum atomic E-state index is -0.644. The molecule has 2 aromatic rings. The van der Waals surface area contributed by atoms with E-state index in [2.05, 4.69) is 16.0 Å². The summed E-state index contributed by atoms with van der Waals surface area (Å²) in [6, 6.07) is 10.5. The fourth-order valence-corrected chi connectivity index (χ4v) is 2.06. The summed E-state index contributed by atoms with van der Waals surface area (Å²) in [6.07, 6.45) is 0. The highest BCUT2D eigenvalue weighted by Crippen LogP contribution is 2.16. The molecule has 0 aliphatic heterocycles. The maximum Gasteiger partial charge on any atom is 0.325 e. The minimum Gasteiger partial charge on any atom is -0.376 e. The molecule has 0 saturated carbocycles. The van der Waals surface area contributed by atoms with Crippen LogP contribution in [0.25, 0.3) is 0 Å². The molecule has 25 heavy (non-hydrogen) atoms. The van der Waals surface area contributed by atoms with E-state index in [0.717, 1.165) is 11.1 Å². The number of imide groups is 1. The Bertz CT molecular complexity index is 820. The number of nitrogens with zero attached hydrogens (tertiary/aromatic N) is 1. The van der Waals surface area contributed by atoms with E-state index in [1.807, 2.05) is 19.9 Å². The molecule has 0 heterocycles.